The van der Waals surface area contributed by atoms with Gasteiger partial charge in [-0.15, -0.1) is 0 Å². The summed E-state index contributed by atoms with van der Waals surface area (Å²) in [7, 11) is 1.53. The Bertz CT molecular complexity index is 456. The van der Waals surface area contributed by atoms with E-state index in [0.717, 1.165) is 5.69 Å². The van der Waals surface area contributed by atoms with E-state index < -0.39 is 12.1 Å². The van der Waals surface area contributed by atoms with Gasteiger partial charge in [0.05, 0.1) is 18.1 Å². The van der Waals surface area contributed by atoms with Gasteiger partial charge in [-0.1, -0.05) is 11.6 Å². The smallest absolute Gasteiger partial charge is 0.391 e. The molecule has 0 aliphatic heterocycles. The van der Waals surface area contributed by atoms with Crippen molar-refractivity contribution in [2.45, 2.75) is 37.9 Å². The van der Waals surface area contributed by atoms with Crippen molar-refractivity contribution in [2.75, 3.05) is 12.4 Å². The van der Waals surface area contributed by atoms with Crippen LogP contribution in [-0.2, 0) is 0 Å². The Morgan fingerprint density at radius 2 is 1.85 bits per heavy atom. The van der Waals surface area contributed by atoms with Crippen molar-refractivity contribution in [1.82, 2.24) is 0 Å². The number of rotatable bonds is 3. The first-order valence-electron chi connectivity index (χ1n) is 6.57. The van der Waals surface area contributed by atoms with Crippen molar-refractivity contribution in [3.63, 3.8) is 0 Å². The van der Waals surface area contributed by atoms with Crippen molar-refractivity contribution in [1.29, 1.82) is 0 Å². The van der Waals surface area contributed by atoms with Crippen LogP contribution in [0.1, 0.15) is 25.7 Å². The monoisotopic (exact) mass is 307 g/mol. The second kappa shape index (κ2) is 6.12. The molecule has 1 aromatic carbocycles. The zero-order valence-electron chi connectivity index (χ0n) is 11.1. The number of anilines is 1. The molecule has 0 unspecified atom stereocenters. The lowest BCUT2D eigenvalue weighted by atomic mass is 9.85. The molecule has 0 spiro atoms. The number of ether oxygens (including phenoxy) is 1. The van der Waals surface area contributed by atoms with Gasteiger partial charge in [-0.25, -0.2) is 0 Å². The van der Waals surface area contributed by atoms with Crippen LogP contribution < -0.4 is 10.1 Å². The molecule has 0 saturated heterocycles. The minimum atomic E-state index is -4.06. The summed E-state index contributed by atoms with van der Waals surface area (Å²) in [5, 5.41) is 3.73. The van der Waals surface area contributed by atoms with Crippen LogP contribution in [0.15, 0.2) is 18.2 Å². The molecule has 1 N–H and O–H groups in total. The Morgan fingerprint density at radius 1 is 1.20 bits per heavy atom. The third-order valence-corrected chi connectivity index (χ3v) is 4.01. The number of halogens is 4. The summed E-state index contributed by atoms with van der Waals surface area (Å²) in [6.07, 6.45) is -2.65. The van der Waals surface area contributed by atoms with E-state index in [-0.39, 0.29) is 18.9 Å². The highest BCUT2D eigenvalue weighted by Crippen LogP contribution is 2.38. The maximum Gasteiger partial charge on any atom is 0.391 e. The molecule has 1 aliphatic rings. The van der Waals surface area contributed by atoms with Crippen LogP contribution in [0.5, 0.6) is 5.75 Å². The minimum Gasteiger partial charge on any atom is -0.495 e. The lowest BCUT2D eigenvalue weighted by molar-refractivity contribution is -0.182. The van der Waals surface area contributed by atoms with Gasteiger partial charge in [-0.2, -0.15) is 13.2 Å². The normalized spacial score (nSPS) is 23.4. The van der Waals surface area contributed by atoms with E-state index in [0.29, 0.717) is 23.6 Å². The number of hydrogen-bond acceptors (Lipinski definition) is 2. The summed E-state index contributed by atoms with van der Waals surface area (Å²) in [5.41, 5.74) is 0.811. The van der Waals surface area contributed by atoms with Crippen molar-refractivity contribution < 1.29 is 17.9 Å². The van der Waals surface area contributed by atoms with E-state index in [1.165, 1.54) is 7.11 Å². The molecule has 0 radical (unpaired) electrons. The van der Waals surface area contributed by atoms with E-state index in [2.05, 4.69) is 5.32 Å². The van der Waals surface area contributed by atoms with Gasteiger partial charge < -0.3 is 10.1 Å². The fourth-order valence-corrected chi connectivity index (χ4v) is 2.81. The molecular weight excluding hydrogens is 291 g/mol. The van der Waals surface area contributed by atoms with Gasteiger partial charge >= 0.3 is 6.18 Å². The van der Waals surface area contributed by atoms with Crippen LogP contribution in [0.4, 0.5) is 18.9 Å². The predicted octanol–water partition coefficient (Wildman–Crippen LogP) is 4.88. The first-order chi connectivity index (χ1) is 9.40. The van der Waals surface area contributed by atoms with Gasteiger partial charge in [0, 0.05) is 11.7 Å². The topological polar surface area (TPSA) is 21.3 Å². The molecule has 0 atom stereocenters. The zero-order valence-corrected chi connectivity index (χ0v) is 11.9. The van der Waals surface area contributed by atoms with Crippen LogP contribution >= 0.6 is 11.6 Å². The van der Waals surface area contributed by atoms with Crippen molar-refractivity contribution in [3.8, 4) is 5.75 Å². The molecule has 1 saturated carbocycles. The number of nitrogens with one attached hydrogen (secondary N) is 1. The van der Waals surface area contributed by atoms with Crippen LogP contribution in [0, 0.1) is 5.92 Å². The minimum absolute atomic E-state index is 0.0676. The molecule has 0 bridgehead atoms. The first-order valence-corrected chi connectivity index (χ1v) is 6.94. The fourth-order valence-electron chi connectivity index (χ4n) is 2.56. The first kappa shape index (κ1) is 15.3. The summed E-state index contributed by atoms with van der Waals surface area (Å²) in [5.74, 6) is -0.571. The lowest BCUT2D eigenvalue weighted by Gasteiger charge is -2.30. The van der Waals surface area contributed by atoms with Gasteiger partial charge in [0.15, 0.2) is 0 Å². The third-order valence-electron chi connectivity index (χ3n) is 3.71. The Morgan fingerprint density at radius 3 is 2.35 bits per heavy atom. The number of methoxy groups -OCH3 is 1. The second-order valence-corrected chi connectivity index (χ2v) is 5.49. The van der Waals surface area contributed by atoms with E-state index in [4.69, 9.17) is 16.3 Å². The van der Waals surface area contributed by atoms with E-state index in [1.54, 1.807) is 12.1 Å². The molecule has 0 heterocycles. The maximum absolute atomic E-state index is 12.6. The zero-order chi connectivity index (χ0) is 14.8. The van der Waals surface area contributed by atoms with E-state index >= 15 is 0 Å². The summed E-state index contributed by atoms with van der Waals surface area (Å²) < 4.78 is 42.8. The molecule has 1 aromatic rings. The Kier molecular flexibility index (Phi) is 4.68. The van der Waals surface area contributed by atoms with Gasteiger partial charge in [0.25, 0.3) is 0 Å². The predicted molar refractivity (Wildman–Crippen MR) is 73.4 cm³/mol. The summed E-state index contributed by atoms with van der Waals surface area (Å²) in [4.78, 5) is 0. The largest absolute Gasteiger partial charge is 0.495 e. The van der Waals surface area contributed by atoms with Gasteiger partial charge in [-0.05, 0) is 43.9 Å². The average Bonchev–Trinajstić information content (AvgIpc) is 2.38. The van der Waals surface area contributed by atoms with Crippen LogP contribution in [-0.4, -0.2) is 19.3 Å². The lowest BCUT2D eigenvalue weighted by Crippen LogP contribution is -2.32. The quantitative estimate of drug-likeness (QED) is 0.859. The van der Waals surface area contributed by atoms with Crippen LogP contribution in [0.2, 0.25) is 5.02 Å². The van der Waals surface area contributed by atoms with Gasteiger partial charge in [0.2, 0.25) is 0 Å². The maximum atomic E-state index is 12.6. The van der Waals surface area contributed by atoms with E-state index in [9.17, 15) is 13.2 Å². The summed E-state index contributed by atoms with van der Waals surface area (Å²) >= 11 is 6.02. The highest BCUT2D eigenvalue weighted by atomic mass is 35.5. The summed E-state index contributed by atoms with van der Waals surface area (Å²) in [6.45, 7) is 0. The number of alkyl halides is 3. The van der Waals surface area contributed by atoms with Crippen molar-refractivity contribution >= 4 is 17.3 Å². The van der Waals surface area contributed by atoms with Crippen LogP contribution in [0.25, 0.3) is 0 Å². The standard InChI is InChI=1S/C14H17ClF3NO/c1-20-13-7-6-11(8-12(13)15)19-10-4-2-9(3-5-10)14(16,17)18/h6-10,19H,2-5H2,1H3. The Labute approximate surface area is 121 Å². The fraction of sp³-hybridized carbons (Fsp3) is 0.571. The SMILES string of the molecule is COc1ccc(NC2CCC(C(F)(F)F)CC2)cc1Cl. The van der Waals surface area contributed by atoms with Gasteiger partial charge in [-0.3, -0.25) is 0 Å². The second-order valence-electron chi connectivity index (χ2n) is 5.08. The van der Waals surface area contributed by atoms with Crippen molar-refractivity contribution in [2.24, 2.45) is 5.92 Å². The molecule has 112 valence electrons. The number of benzene rings is 1. The Hall–Kier alpha value is -1.10. The van der Waals surface area contributed by atoms with Crippen molar-refractivity contribution in [3.05, 3.63) is 23.2 Å². The molecule has 2 nitrogen and oxygen atoms in total. The molecule has 1 fully saturated rings. The van der Waals surface area contributed by atoms with Crippen LogP contribution in [0.3, 0.4) is 0 Å². The molecule has 0 aromatic heterocycles. The molecule has 20 heavy (non-hydrogen) atoms. The van der Waals surface area contributed by atoms with Gasteiger partial charge in [0.1, 0.15) is 5.75 Å². The number of hydrogen-bond donors (Lipinski definition) is 1. The molecule has 1 aliphatic carbocycles. The highest BCUT2D eigenvalue weighted by Gasteiger charge is 2.41. The molecular formula is C14H17ClF3NO. The summed E-state index contributed by atoms with van der Waals surface area (Å²) in [6, 6.07) is 5.36. The highest BCUT2D eigenvalue weighted by molar-refractivity contribution is 6.32. The average molecular weight is 308 g/mol. The van der Waals surface area contributed by atoms with E-state index in [1.807, 2.05) is 6.07 Å². The molecule has 6 heteroatoms. The third kappa shape index (κ3) is 3.72. The Balaban J connectivity index is 1.91. The molecule has 0 amide bonds. The molecule has 2 rings (SSSR count).